The summed E-state index contributed by atoms with van der Waals surface area (Å²) < 4.78 is 4.89. The SMILES string of the molecule is Cc1cc(C(=O)N2CCCNCC2)no1. The predicted molar refractivity (Wildman–Crippen MR) is 54.6 cm³/mol. The zero-order valence-electron chi connectivity index (χ0n) is 8.82. The number of nitrogens with one attached hydrogen (secondary N) is 1. The lowest BCUT2D eigenvalue weighted by Gasteiger charge is -2.17. The Balaban J connectivity index is 2.06. The van der Waals surface area contributed by atoms with Crippen LogP contribution >= 0.6 is 0 Å². The highest BCUT2D eigenvalue weighted by Gasteiger charge is 2.19. The van der Waals surface area contributed by atoms with Gasteiger partial charge in [0.15, 0.2) is 5.69 Å². The molecule has 1 N–H and O–H groups in total. The lowest BCUT2D eigenvalue weighted by molar-refractivity contribution is 0.0756. The average molecular weight is 209 g/mol. The summed E-state index contributed by atoms with van der Waals surface area (Å²) >= 11 is 0. The van der Waals surface area contributed by atoms with E-state index in [0.717, 1.165) is 32.6 Å². The topological polar surface area (TPSA) is 58.4 Å². The Kier molecular flexibility index (Phi) is 3.01. The highest BCUT2D eigenvalue weighted by Crippen LogP contribution is 2.07. The fourth-order valence-electron chi connectivity index (χ4n) is 1.68. The number of carbonyl (C=O) groups is 1. The van der Waals surface area contributed by atoms with Crippen LogP contribution in [0.5, 0.6) is 0 Å². The molecule has 1 aromatic rings. The maximum absolute atomic E-state index is 11.9. The van der Waals surface area contributed by atoms with Crippen LogP contribution in [0.1, 0.15) is 22.7 Å². The fourth-order valence-corrected chi connectivity index (χ4v) is 1.68. The molecule has 0 unspecified atom stereocenters. The summed E-state index contributed by atoms with van der Waals surface area (Å²) in [5.74, 6) is 0.641. The van der Waals surface area contributed by atoms with Crippen LogP contribution in [0.15, 0.2) is 10.6 Å². The molecule has 1 aromatic heterocycles. The number of rotatable bonds is 1. The molecule has 1 fully saturated rings. The van der Waals surface area contributed by atoms with Crippen molar-refractivity contribution in [2.45, 2.75) is 13.3 Å². The van der Waals surface area contributed by atoms with Gasteiger partial charge in [-0.25, -0.2) is 0 Å². The first-order valence-corrected chi connectivity index (χ1v) is 5.20. The Morgan fingerprint density at radius 2 is 2.40 bits per heavy atom. The van der Waals surface area contributed by atoms with Crippen molar-refractivity contribution in [2.75, 3.05) is 26.2 Å². The van der Waals surface area contributed by atoms with Crippen LogP contribution in [0.4, 0.5) is 0 Å². The van der Waals surface area contributed by atoms with Crippen molar-refractivity contribution in [3.8, 4) is 0 Å². The first-order valence-electron chi connectivity index (χ1n) is 5.20. The molecule has 0 radical (unpaired) electrons. The minimum Gasteiger partial charge on any atom is -0.361 e. The van der Waals surface area contributed by atoms with Crippen LogP contribution in [0.3, 0.4) is 0 Å². The van der Waals surface area contributed by atoms with Crippen molar-refractivity contribution in [1.82, 2.24) is 15.4 Å². The maximum atomic E-state index is 11.9. The fraction of sp³-hybridized carbons (Fsp3) is 0.600. The van der Waals surface area contributed by atoms with Gasteiger partial charge in [-0.15, -0.1) is 0 Å². The zero-order valence-corrected chi connectivity index (χ0v) is 8.82. The zero-order chi connectivity index (χ0) is 10.7. The van der Waals surface area contributed by atoms with E-state index in [1.165, 1.54) is 0 Å². The molecule has 5 heteroatoms. The highest BCUT2D eigenvalue weighted by atomic mass is 16.5. The molecule has 1 aliphatic heterocycles. The Labute approximate surface area is 88.4 Å². The molecule has 0 atom stereocenters. The number of nitrogens with zero attached hydrogens (tertiary/aromatic N) is 2. The third-order valence-electron chi connectivity index (χ3n) is 2.47. The molecule has 82 valence electrons. The van der Waals surface area contributed by atoms with Gasteiger partial charge in [0.25, 0.3) is 5.91 Å². The van der Waals surface area contributed by atoms with E-state index in [2.05, 4.69) is 10.5 Å². The van der Waals surface area contributed by atoms with Crippen molar-refractivity contribution in [2.24, 2.45) is 0 Å². The van der Waals surface area contributed by atoms with E-state index in [-0.39, 0.29) is 5.91 Å². The van der Waals surface area contributed by atoms with Crippen molar-refractivity contribution in [1.29, 1.82) is 0 Å². The van der Waals surface area contributed by atoms with Gasteiger partial charge < -0.3 is 14.7 Å². The molecular weight excluding hydrogens is 194 g/mol. The van der Waals surface area contributed by atoms with Crippen LogP contribution in [-0.2, 0) is 0 Å². The van der Waals surface area contributed by atoms with E-state index in [4.69, 9.17) is 4.52 Å². The van der Waals surface area contributed by atoms with Crippen LogP contribution in [0.25, 0.3) is 0 Å². The predicted octanol–water partition coefficient (Wildman–Crippen LogP) is 0.419. The summed E-state index contributed by atoms with van der Waals surface area (Å²) in [6, 6.07) is 1.68. The molecule has 2 heterocycles. The molecule has 0 aromatic carbocycles. The third kappa shape index (κ3) is 2.36. The second kappa shape index (κ2) is 4.44. The van der Waals surface area contributed by atoms with Gasteiger partial charge in [0.05, 0.1) is 0 Å². The molecule has 2 rings (SSSR count). The summed E-state index contributed by atoms with van der Waals surface area (Å²) in [7, 11) is 0. The van der Waals surface area contributed by atoms with E-state index in [1.807, 2.05) is 4.90 Å². The van der Waals surface area contributed by atoms with Crippen molar-refractivity contribution < 1.29 is 9.32 Å². The number of amides is 1. The summed E-state index contributed by atoms with van der Waals surface area (Å²) in [4.78, 5) is 13.8. The minimum atomic E-state index is -0.0319. The number of hydrogen-bond acceptors (Lipinski definition) is 4. The smallest absolute Gasteiger partial charge is 0.276 e. The van der Waals surface area contributed by atoms with E-state index in [9.17, 15) is 4.79 Å². The number of carbonyl (C=O) groups excluding carboxylic acids is 1. The van der Waals surface area contributed by atoms with E-state index in [1.54, 1.807) is 13.0 Å². The van der Waals surface area contributed by atoms with Crippen molar-refractivity contribution in [3.63, 3.8) is 0 Å². The van der Waals surface area contributed by atoms with Gasteiger partial charge in [0.2, 0.25) is 0 Å². The molecule has 1 saturated heterocycles. The molecule has 0 aliphatic carbocycles. The van der Waals surface area contributed by atoms with Crippen molar-refractivity contribution in [3.05, 3.63) is 17.5 Å². The van der Waals surface area contributed by atoms with E-state index >= 15 is 0 Å². The molecule has 1 amide bonds. The summed E-state index contributed by atoms with van der Waals surface area (Å²) in [5.41, 5.74) is 0.411. The second-order valence-electron chi connectivity index (χ2n) is 3.72. The molecule has 0 spiro atoms. The number of aryl methyl sites for hydroxylation is 1. The normalized spacial score (nSPS) is 17.5. The second-order valence-corrected chi connectivity index (χ2v) is 3.72. The molecular formula is C10H15N3O2. The largest absolute Gasteiger partial charge is 0.361 e. The first kappa shape index (κ1) is 10.2. The molecule has 5 nitrogen and oxygen atoms in total. The molecule has 0 bridgehead atoms. The number of hydrogen-bond donors (Lipinski definition) is 1. The van der Waals surface area contributed by atoms with Crippen LogP contribution < -0.4 is 5.32 Å². The monoisotopic (exact) mass is 209 g/mol. The Morgan fingerprint density at radius 1 is 1.53 bits per heavy atom. The molecule has 15 heavy (non-hydrogen) atoms. The summed E-state index contributed by atoms with van der Waals surface area (Å²) in [5, 5.41) is 6.99. The van der Waals surface area contributed by atoms with Gasteiger partial charge in [0.1, 0.15) is 5.76 Å². The van der Waals surface area contributed by atoms with E-state index in [0.29, 0.717) is 11.5 Å². The average Bonchev–Trinajstić information content (AvgIpc) is 2.53. The lowest BCUT2D eigenvalue weighted by atomic mass is 10.3. The lowest BCUT2D eigenvalue weighted by Crippen LogP contribution is -2.34. The van der Waals surface area contributed by atoms with Gasteiger partial charge in [-0.1, -0.05) is 5.16 Å². The Hall–Kier alpha value is -1.36. The molecule has 1 aliphatic rings. The van der Waals surface area contributed by atoms with Crippen LogP contribution in [0, 0.1) is 6.92 Å². The standard InChI is InChI=1S/C10H15N3O2/c1-8-7-9(12-15-8)10(14)13-5-2-3-11-4-6-13/h7,11H,2-6H2,1H3. The van der Waals surface area contributed by atoms with Gasteiger partial charge in [-0.3, -0.25) is 4.79 Å². The molecule has 0 saturated carbocycles. The first-order chi connectivity index (χ1) is 7.27. The van der Waals surface area contributed by atoms with Crippen LogP contribution in [0.2, 0.25) is 0 Å². The summed E-state index contributed by atoms with van der Waals surface area (Å²) in [6.45, 7) is 5.14. The third-order valence-corrected chi connectivity index (χ3v) is 2.47. The number of aromatic nitrogens is 1. The van der Waals surface area contributed by atoms with Gasteiger partial charge in [-0.05, 0) is 19.9 Å². The Bertz CT molecular complexity index is 340. The Morgan fingerprint density at radius 3 is 3.13 bits per heavy atom. The van der Waals surface area contributed by atoms with Gasteiger partial charge in [0, 0.05) is 25.7 Å². The van der Waals surface area contributed by atoms with Gasteiger partial charge >= 0.3 is 0 Å². The summed E-state index contributed by atoms with van der Waals surface area (Å²) in [6.07, 6.45) is 0.989. The maximum Gasteiger partial charge on any atom is 0.276 e. The van der Waals surface area contributed by atoms with Crippen molar-refractivity contribution >= 4 is 5.91 Å². The van der Waals surface area contributed by atoms with Crippen LogP contribution in [-0.4, -0.2) is 42.1 Å². The highest BCUT2D eigenvalue weighted by molar-refractivity contribution is 5.92. The van der Waals surface area contributed by atoms with Gasteiger partial charge in [-0.2, -0.15) is 0 Å². The quantitative estimate of drug-likeness (QED) is 0.728. The van der Waals surface area contributed by atoms with E-state index < -0.39 is 0 Å². The minimum absolute atomic E-state index is 0.0319.